The molecule has 2 aromatic carbocycles. The maximum absolute atomic E-state index is 13.0. The number of anilines is 2. The van der Waals surface area contributed by atoms with Gasteiger partial charge in [0, 0.05) is 49.7 Å². The van der Waals surface area contributed by atoms with Gasteiger partial charge in [0.2, 0.25) is 11.8 Å². The van der Waals surface area contributed by atoms with Gasteiger partial charge in [-0.25, -0.2) is 0 Å². The van der Waals surface area contributed by atoms with Crippen LogP contribution < -0.4 is 10.2 Å². The fraction of sp³-hybridized carbons (Fsp3) is 0.423. The van der Waals surface area contributed by atoms with Crippen LogP contribution in [0.5, 0.6) is 5.75 Å². The molecule has 2 N–H and O–H groups in total. The first-order valence-corrected chi connectivity index (χ1v) is 12.1. The second kappa shape index (κ2) is 10.8. The highest BCUT2D eigenvalue weighted by Crippen LogP contribution is 2.37. The normalized spacial score (nSPS) is 18.6. The number of hydrogen-bond donors (Lipinski definition) is 2. The molecular weight excluding hydrogens is 489 g/mol. The van der Waals surface area contributed by atoms with Gasteiger partial charge in [-0.1, -0.05) is 0 Å². The van der Waals surface area contributed by atoms with Crippen molar-refractivity contribution >= 4 is 29.0 Å². The number of Topliss-reactive ketones (excluding diaryl/α,β-unsaturated/α-hetero) is 1. The number of halogens is 3. The molecule has 0 saturated carbocycles. The highest BCUT2D eigenvalue weighted by Gasteiger charge is 2.35. The first-order chi connectivity index (χ1) is 17.5. The van der Waals surface area contributed by atoms with Crippen molar-refractivity contribution < 1.29 is 32.7 Å². The molecule has 0 spiro atoms. The molecule has 2 amide bonds. The summed E-state index contributed by atoms with van der Waals surface area (Å²) in [5, 5.41) is 11.9. The van der Waals surface area contributed by atoms with E-state index in [0.29, 0.717) is 57.3 Å². The van der Waals surface area contributed by atoms with Crippen LogP contribution in [0.3, 0.4) is 0 Å². The third-order valence-electron chi connectivity index (χ3n) is 6.84. The topological polar surface area (TPSA) is 93.2 Å². The number of piperazine rings is 1. The summed E-state index contributed by atoms with van der Waals surface area (Å²) in [6.07, 6.45) is -4.24. The van der Waals surface area contributed by atoms with Crippen molar-refractivity contribution in [2.75, 3.05) is 56.0 Å². The number of carbonyl (C=O) groups excluding carboxylic acids is 3. The maximum Gasteiger partial charge on any atom is 0.420 e. The van der Waals surface area contributed by atoms with E-state index < -0.39 is 29.3 Å². The van der Waals surface area contributed by atoms with Gasteiger partial charge in [0.15, 0.2) is 5.78 Å². The summed E-state index contributed by atoms with van der Waals surface area (Å²) < 4.78 is 39.0. The number of benzene rings is 2. The van der Waals surface area contributed by atoms with Gasteiger partial charge in [-0.3, -0.25) is 19.3 Å². The quantitative estimate of drug-likeness (QED) is 0.451. The molecule has 1 atom stereocenters. The minimum atomic E-state index is -4.74. The smallest absolute Gasteiger partial charge is 0.420 e. The predicted octanol–water partition coefficient (Wildman–Crippen LogP) is 3.22. The van der Waals surface area contributed by atoms with Gasteiger partial charge in [0.05, 0.1) is 18.0 Å². The number of nitrogens with zero attached hydrogens (tertiary/aromatic N) is 3. The van der Waals surface area contributed by atoms with E-state index in [1.54, 1.807) is 17.0 Å². The lowest BCUT2D eigenvalue weighted by Gasteiger charge is -2.36. The van der Waals surface area contributed by atoms with Crippen LogP contribution in [0.1, 0.15) is 29.3 Å². The minimum Gasteiger partial charge on any atom is -0.507 e. The Morgan fingerprint density at radius 1 is 1.00 bits per heavy atom. The fourth-order valence-electron chi connectivity index (χ4n) is 4.69. The van der Waals surface area contributed by atoms with Crippen molar-refractivity contribution in [3.8, 4) is 5.75 Å². The van der Waals surface area contributed by atoms with Crippen molar-refractivity contribution in [2.24, 2.45) is 5.92 Å². The zero-order chi connectivity index (χ0) is 26.7. The van der Waals surface area contributed by atoms with Gasteiger partial charge in [-0.2, -0.15) is 13.2 Å². The standard InChI is InChI=1S/C26H29F3N4O4/c1-17(34)18-2-5-21(6-3-18)32-10-12-33(13-11-32)24(36)16-31-9-8-19(15-31)25(37)30-20-4-7-23(35)22(14-20)26(27,28)29/h2-7,14,19,35H,8-13,15-16H2,1H3,(H,30,37). The summed E-state index contributed by atoms with van der Waals surface area (Å²) in [6, 6.07) is 10.2. The molecule has 8 nitrogen and oxygen atoms in total. The molecule has 0 aliphatic carbocycles. The Morgan fingerprint density at radius 3 is 2.30 bits per heavy atom. The van der Waals surface area contributed by atoms with Crippen molar-refractivity contribution in [3.63, 3.8) is 0 Å². The Bertz CT molecular complexity index is 1160. The Labute approximate surface area is 212 Å². The number of nitrogens with one attached hydrogen (secondary N) is 1. The van der Waals surface area contributed by atoms with Gasteiger partial charge in [-0.15, -0.1) is 0 Å². The molecule has 1 unspecified atom stereocenters. The van der Waals surface area contributed by atoms with Crippen LogP contribution in [0, 0.1) is 5.92 Å². The molecule has 198 valence electrons. The van der Waals surface area contributed by atoms with Crippen LogP contribution in [0.4, 0.5) is 24.5 Å². The number of ketones is 1. The van der Waals surface area contributed by atoms with Crippen LogP contribution in [0.2, 0.25) is 0 Å². The second-order valence-electron chi connectivity index (χ2n) is 9.41. The number of likely N-dealkylation sites (tertiary alicyclic amines) is 1. The van der Waals surface area contributed by atoms with E-state index in [2.05, 4.69) is 10.2 Å². The van der Waals surface area contributed by atoms with Gasteiger partial charge in [-0.05, 0) is 62.4 Å². The lowest BCUT2D eigenvalue weighted by atomic mass is 10.1. The van der Waals surface area contributed by atoms with E-state index in [-0.39, 0.29) is 23.9 Å². The maximum atomic E-state index is 13.0. The molecule has 0 radical (unpaired) electrons. The SMILES string of the molecule is CC(=O)c1ccc(N2CCN(C(=O)CN3CCC(C(=O)Nc4ccc(O)c(C(F)(F)F)c4)C3)CC2)cc1. The second-order valence-corrected chi connectivity index (χ2v) is 9.41. The Hall–Kier alpha value is -3.60. The first-order valence-electron chi connectivity index (χ1n) is 12.1. The molecular formula is C26H29F3N4O4. The largest absolute Gasteiger partial charge is 0.507 e. The van der Waals surface area contributed by atoms with Crippen LogP contribution in [0.25, 0.3) is 0 Å². The van der Waals surface area contributed by atoms with E-state index in [1.807, 2.05) is 17.0 Å². The summed E-state index contributed by atoms with van der Waals surface area (Å²) in [4.78, 5) is 42.8. The van der Waals surface area contributed by atoms with Crippen LogP contribution in [-0.2, 0) is 15.8 Å². The summed E-state index contributed by atoms with van der Waals surface area (Å²) in [7, 11) is 0. The van der Waals surface area contributed by atoms with E-state index in [1.165, 1.54) is 13.0 Å². The highest BCUT2D eigenvalue weighted by molar-refractivity contribution is 5.94. The number of carbonyl (C=O) groups is 3. The third kappa shape index (κ3) is 6.40. The van der Waals surface area contributed by atoms with Crippen molar-refractivity contribution in [1.82, 2.24) is 9.80 Å². The molecule has 2 saturated heterocycles. The number of alkyl halides is 3. The van der Waals surface area contributed by atoms with Gasteiger partial charge < -0.3 is 20.2 Å². The molecule has 2 heterocycles. The summed E-state index contributed by atoms with van der Waals surface area (Å²) in [5.74, 6) is -1.78. The minimum absolute atomic E-state index is 0.0135. The van der Waals surface area contributed by atoms with Crippen LogP contribution >= 0.6 is 0 Å². The van der Waals surface area contributed by atoms with Crippen LogP contribution in [-0.4, -0.2) is 78.3 Å². The average Bonchev–Trinajstić information content (AvgIpc) is 3.33. The number of phenolic OH excluding ortho intramolecular Hbond substituents is 1. The number of phenols is 1. The van der Waals surface area contributed by atoms with Crippen molar-refractivity contribution in [1.29, 1.82) is 0 Å². The van der Waals surface area contributed by atoms with Gasteiger partial charge in [0.1, 0.15) is 5.75 Å². The Morgan fingerprint density at radius 2 is 1.68 bits per heavy atom. The predicted molar refractivity (Wildman–Crippen MR) is 132 cm³/mol. The van der Waals surface area contributed by atoms with E-state index in [4.69, 9.17) is 0 Å². The van der Waals surface area contributed by atoms with E-state index in [9.17, 15) is 32.7 Å². The molecule has 2 aliphatic rings. The number of aromatic hydroxyl groups is 1. The van der Waals surface area contributed by atoms with E-state index in [0.717, 1.165) is 11.8 Å². The van der Waals surface area contributed by atoms with Gasteiger partial charge >= 0.3 is 6.18 Å². The molecule has 2 fully saturated rings. The monoisotopic (exact) mass is 518 g/mol. The number of amides is 2. The third-order valence-corrected chi connectivity index (χ3v) is 6.84. The van der Waals surface area contributed by atoms with Crippen LogP contribution in [0.15, 0.2) is 42.5 Å². The Kier molecular flexibility index (Phi) is 7.72. The molecule has 2 aliphatic heterocycles. The number of rotatable bonds is 6. The molecule has 11 heteroatoms. The number of hydrogen-bond acceptors (Lipinski definition) is 6. The summed E-state index contributed by atoms with van der Waals surface area (Å²) in [5.41, 5.74) is 0.404. The summed E-state index contributed by atoms with van der Waals surface area (Å²) >= 11 is 0. The molecule has 4 rings (SSSR count). The first kappa shape index (κ1) is 26.5. The molecule has 2 aromatic rings. The highest BCUT2D eigenvalue weighted by atomic mass is 19.4. The zero-order valence-corrected chi connectivity index (χ0v) is 20.4. The lowest BCUT2D eigenvalue weighted by molar-refractivity contribution is -0.138. The lowest BCUT2D eigenvalue weighted by Crippen LogP contribution is -2.51. The molecule has 0 aromatic heterocycles. The molecule has 37 heavy (non-hydrogen) atoms. The zero-order valence-electron chi connectivity index (χ0n) is 20.4. The fourth-order valence-corrected chi connectivity index (χ4v) is 4.69. The van der Waals surface area contributed by atoms with Gasteiger partial charge in [0.25, 0.3) is 0 Å². The summed E-state index contributed by atoms with van der Waals surface area (Å²) in [6.45, 7) is 5.04. The van der Waals surface area contributed by atoms with E-state index >= 15 is 0 Å². The van der Waals surface area contributed by atoms with Crippen molar-refractivity contribution in [2.45, 2.75) is 19.5 Å². The average molecular weight is 519 g/mol. The van der Waals surface area contributed by atoms with Crippen molar-refractivity contribution in [3.05, 3.63) is 53.6 Å². The Balaban J connectivity index is 1.24. The molecule has 0 bridgehead atoms.